The van der Waals surface area contributed by atoms with E-state index in [9.17, 15) is 5.11 Å². The predicted molar refractivity (Wildman–Crippen MR) is 126 cm³/mol. The van der Waals surface area contributed by atoms with E-state index in [4.69, 9.17) is 19.2 Å². The van der Waals surface area contributed by atoms with Crippen LogP contribution in [-0.4, -0.2) is 60.9 Å². The number of ether oxygens (including phenoxy) is 3. The molecule has 2 saturated heterocycles. The van der Waals surface area contributed by atoms with E-state index in [1.165, 1.54) is 44.9 Å². The summed E-state index contributed by atoms with van der Waals surface area (Å²) in [5.74, 6) is 2.86. The van der Waals surface area contributed by atoms with Gasteiger partial charge in [0.05, 0.1) is 12.9 Å². The van der Waals surface area contributed by atoms with E-state index in [1.54, 1.807) is 12.7 Å². The number of fused-ring (bicyclic) bond motifs is 2. The molecule has 2 aromatic heterocycles. The maximum Gasteiger partial charge on any atom is 0.169 e. The fraction of sp³-hybridized carbons (Fsp3) is 0.808. The first-order chi connectivity index (χ1) is 17.1. The molecule has 0 radical (unpaired) electrons. The van der Waals surface area contributed by atoms with Gasteiger partial charge in [-0.05, 0) is 69.1 Å². The number of rotatable bonds is 4. The summed E-state index contributed by atoms with van der Waals surface area (Å²) in [4.78, 5) is 14.0. The molecule has 35 heavy (non-hydrogen) atoms. The summed E-state index contributed by atoms with van der Waals surface area (Å²) in [6, 6.07) is 0. The Morgan fingerprint density at radius 1 is 0.943 bits per heavy atom. The fourth-order valence-corrected chi connectivity index (χ4v) is 8.84. The van der Waals surface area contributed by atoms with E-state index >= 15 is 0 Å². The third-order valence-corrected chi connectivity index (χ3v) is 9.84. The van der Waals surface area contributed by atoms with Gasteiger partial charge in [0.25, 0.3) is 0 Å². The van der Waals surface area contributed by atoms with Gasteiger partial charge in [-0.3, -0.25) is 4.57 Å². The van der Waals surface area contributed by atoms with Crippen LogP contribution in [0.4, 0.5) is 5.82 Å². The monoisotopic (exact) mass is 481 g/mol. The number of anilines is 1. The Hall–Kier alpha value is -1.81. The number of nitrogens with zero attached hydrogens (tertiary/aromatic N) is 4. The molecule has 4 bridgehead atoms. The van der Waals surface area contributed by atoms with Crippen molar-refractivity contribution in [2.24, 2.45) is 17.8 Å². The van der Waals surface area contributed by atoms with Crippen molar-refractivity contribution >= 4 is 17.0 Å². The Morgan fingerprint density at radius 3 is 2.37 bits per heavy atom. The first kappa shape index (κ1) is 21.3. The Balaban J connectivity index is 1.11. The van der Waals surface area contributed by atoms with Gasteiger partial charge in [0, 0.05) is 18.4 Å². The lowest BCUT2D eigenvalue weighted by molar-refractivity contribution is -0.232. The molecule has 4 atom stereocenters. The molecule has 2 N–H and O–H groups in total. The van der Waals surface area contributed by atoms with Gasteiger partial charge in [0.15, 0.2) is 29.0 Å². The SMILES string of the molecule is OC[C@H]1O[C@@H](n2cnc3c(NC45CC6CC(CC(C6)C4)C5)ncnc32)C2OC3(CCCCC3)OC21. The van der Waals surface area contributed by atoms with E-state index in [1.807, 2.05) is 4.57 Å². The minimum absolute atomic E-state index is 0.0997. The third kappa shape index (κ3) is 3.24. The van der Waals surface area contributed by atoms with Crippen LogP contribution in [0.3, 0.4) is 0 Å². The standard InChI is InChI=1S/C26H35N5O4/c32-12-18-20-21(35-26(34-20)4-2-1-3-5-26)24(33-18)31-14-29-19-22(27-13-28-23(19)31)30-25-9-15-6-16(10-25)8-17(7-15)11-25/h13-18,20-21,24,32H,1-12H2,(H,27,28,30)/t15?,16?,17?,18-,20?,21?,24-,25?/m1/s1. The third-order valence-electron chi connectivity index (χ3n) is 9.84. The highest BCUT2D eigenvalue weighted by Gasteiger charge is 2.59. The number of nitrogens with one attached hydrogen (secondary N) is 1. The molecule has 0 amide bonds. The molecular weight excluding hydrogens is 446 g/mol. The largest absolute Gasteiger partial charge is 0.394 e. The van der Waals surface area contributed by atoms with Gasteiger partial charge >= 0.3 is 0 Å². The smallest absolute Gasteiger partial charge is 0.169 e. The second kappa shape index (κ2) is 7.60. The maximum absolute atomic E-state index is 10.0. The summed E-state index contributed by atoms with van der Waals surface area (Å²) in [7, 11) is 0. The number of imidazole rings is 1. The molecule has 0 aromatic carbocycles. The van der Waals surface area contributed by atoms with Crippen molar-refractivity contribution < 1.29 is 19.3 Å². The van der Waals surface area contributed by atoms with Gasteiger partial charge in [0.2, 0.25) is 0 Å². The molecule has 9 rings (SSSR count). The van der Waals surface area contributed by atoms with Crippen molar-refractivity contribution in [3.8, 4) is 0 Å². The molecule has 7 aliphatic rings. The number of hydrogen-bond donors (Lipinski definition) is 2. The van der Waals surface area contributed by atoms with Crippen LogP contribution < -0.4 is 5.32 Å². The van der Waals surface area contributed by atoms with Crippen molar-refractivity contribution in [2.75, 3.05) is 11.9 Å². The first-order valence-corrected chi connectivity index (χ1v) is 13.7. The lowest BCUT2D eigenvalue weighted by Gasteiger charge is -2.57. The zero-order valence-electron chi connectivity index (χ0n) is 20.1. The van der Waals surface area contributed by atoms with Crippen LogP contribution in [0.1, 0.15) is 76.9 Å². The molecule has 9 nitrogen and oxygen atoms in total. The molecular formula is C26H35N5O4. The van der Waals surface area contributed by atoms with E-state index in [0.717, 1.165) is 60.4 Å². The zero-order chi connectivity index (χ0) is 23.2. The van der Waals surface area contributed by atoms with Gasteiger partial charge < -0.3 is 24.6 Å². The van der Waals surface area contributed by atoms with Crippen molar-refractivity contribution in [3.05, 3.63) is 12.7 Å². The maximum atomic E-state index is 10.0. The van der Waals surface area contributed by atoms with E-state index in [-0.39, 0.29) is 24.4 Å². The van der Waals surface area contributed by atoms with Crippen LogP contribution in [-0.2, 0) is 14.2 Å². The van der Waals surface area contributed by atoms with E-state index < -0.39 is 18.1 Å². The Bertz CT molecular complexity index is 1090. The highest BCUT2D eigenvalue weighted by molar-refractivity contribution is 5.83. The van der Waals surface area contributed by atoms with Gasteiger partial charge in [-0.25, -0.2) is 15.0 Å². The van der Waals surface area contributed by atoms with Crippen LogP contribution in [0, 0.1) is 17.8 Å². The summed E-state index contributed by atoms with van der Waals surface area (Å²) in [6.45, 7) is -0.0997. The molecule has 2 unspecified atom stereocenters. The zero-order valence-corrected chi connectivity index (χ0v) is 20.1. The number of hydrogen-bond acceptors (Lipinski definition) is 8. The quantitative estimate of drug-likeness (QED) is 0.684. The summed E-state index contributed by atoms with van der Waals surface area (Å²) < 4.78 is 21.3. The molecule has 5 saturated carbocycles. The second-order valence-electron chi connectivity index (χ2n) is 12.3. The minimum Gasteiger partial charge on any atom is -0.394 e. The van der Waals surface area contributed by atoms with E-state index in [2.05, 4.69) is 15.3 Å². The molecule has 7 fully saturated rings. The van der Waals surface area contributed by atoms with Crippen molar-refractivity contribution in [1.82, 2.24) is 19.5 Å². The van der Waals surface area contributed by atoms with Crippen LogP contribution in [0.2, 0.25) is 0 Å². The number of aliphatic hydroxyl groups excluding tert-OH is 1. The molecule has 5 aliphatic carbocycles. The first-order valence-electron chi connectivity index (χ1n) is 13.7. The molecule has 4 heterocycles. The summed E-state index contributed by atoms with van der Waals surface area (Å²) in [5, 5.41) is 13.9. The highest BCUT2D eigenvalue weighted by atomic mass is 16.8. The second-order valence-corrected chi connectivity index (χ2v) is 12.3. The van der Waals surface area contributed by atoms with E-state index in [0.29, 0.717) is 0 Å². The van der Waals surface area contributed by atoms with Crippen molar-refractivity contribution in [3.63, 3.8) is 0 Å². The molecule has 9 heteroatoms. The summed E-state index contributed by atoms with van der Waals surface area (Å²) in [5.41, 5.74) is 1.66. The highest BCUT2D eigenvalue weighted by Crippen LogP contribution is 2.57. The normalized spacial score (nSPS) is 43.3. The summed E-state index contributed by atoms with van der Waals surface area (Å²) in [6.07, 6.45) is 15.2. The summed E-state index contributed by atoms with van der Waals surface area (Å²) >= 11 is 0. The van der Waals surface area contributed by atoms with Crippen molar-refractivity contribution in [1.29, 1.82) is 0 Å². The Kier molecular flexibility index (Phi) is 4.62. The van der Waals surface area contributed by atoms with Crippen LogP contribution in [0.5, 0.6) is 0 Å². The number of aliphatic hydroxyl groups is 1. The fourth-order valence-electron chi connectivity index (χ4n) is 8.84. The van der Waals surface area contributed by atoms with Gasteiger partial charge in [-0.15, -0.1) is 0 Å². The molecule has 2 aliphatic heterocycles. The van der Waals surface area contributed by atoms with Crippen LogP contribution >= 0.6 is 0 Å². The average Bonchev–Trinajstić information content (AvgIpc) is 3.51. The minimum atomic E-state index is -0.542. The van der Waals surface area contributed by atoms with Crippen LogP contribution in [0.15, 0.2) is 12.7 Å². The van der Waals surface area contributed by atoms with Crippen molar-refractivity contribution in [2.45, 2.75) is 106 Å². The van der Waals surface area contributed by atoms with Crippen LogP contribution in [0.25, 0.3) is 11.2 Å². The molecule has 188 valence electrons. The van der Waals surface area contributed by atoms with Gasteiger partial charge in [0.1, 0.15) is 24.6 Å². The molecule has 2 aromatic rings. The average molecular weight is 482 g/mol. The number of aromatic nitrogens is 4. The lowest BCUT2D eigenvalue weighted by atomic mass is 9.53. The lowest BCUT2D eigenvalue weighted by Crippen LogP contribution is -2.54. The predicted octanol–water partition coefficient (Wildman–Crippen LogP) is 3.54. The van der Waals surface area contributed by atoms with Gasteiger partial charge in [-0.1, -0.05) is 6.42 Å². The molecule has 1 spiro atoms. The Labute approximate surface area is 205 Å². The Morgan fingerprint density at radius 2 is 1.66 bits per heavy atom. The topological polar surface area (TPSA) is 104 Å². The van der Waals surface area contributed by atoms with Gasteiger partial charge in [-0.2, -0.15) is 0 Å².